The molecule has 0 aromatic heterocycles. The second-order valence-electron chi connectivity index (χ2n) is 3.95. The maximum Gasteiger partial charge on any atom is 0.182 e. The standard InChI is InChI=1S/C13H9Cl2FO2S/c14-10-2-1-9(13(15)7-10)8-19(17,18)12-5-3-11(16)4-6-12/h1-7H,8H2. The fraction of sp³-hybridized carbons (Fsp3) is 0.0769. The van der Waals surface area contributed by atoms with E-state index < -0.39 is 15.7 Å². The second kappa shape index (κ2) is 5.49. The number of halogens is 3. The zero-order valence-corrected chi connectivity index (χ0v) is 11.9. The molecule has 0 spiro atoms. The fourth-order valence-corrected chi connectivity index (χ4v) is 3.50. The molecule has 2 aromatic rings. The van der Waals surface area contributed by atoms with Crippen molar-refractivity contribution in [3.05, 3.63) is 63.9 Å². The minimum atomic E-state index is -3.56. The van der Waals surface area contributed by atoms with Gasteiger partial charge >= 0.3 is 0 Å². The van der Waals surface area contributed by atoms with E-state index >= 15 is 0 Å². The Hall–Kier alpha value is -1.10. The van der Waals surface area contributed by atoms with Crippen molar-refractivity contribution in [1.82, 2.24) is 0 Å². The first-order chi connectivity index (χ1) is 8.88. The smallest absolute Gasteiger partial charge is 0.182 e. The highest BCUT2D eigenvalue weighted by Crippen LogP contribution is 2.25. The topological polar surface area (TPSA) is 34.1 Å². The molecule has 0 N–H and O–H groups in total. The molecule has 2 rings (SSSR count). The van der Waals surface area contributed by atoms with Gasteiger partial charge in [0.1, 0.15) is 5.82 Å². The highest BCUT2D eigenvalue weighted by atomic mass is 35.5. The molecule has 0 saturated carbocycles. The van der Waals surface area contributed by atoms with Crippen LogP contribution >= 0.6 is 23.2 Å². The largest absolute Gasteiger partial charge is 0.223 e. The van der Waals surface area contributed by atoms with Gasteiger partial charge in [-0.3, -0.25) is 0 Å². The van der Waals surface area contributed by atoms with E-state index in [2.05, 4.69) is 0 Å². The summed E-state index contributed by atoms with van der Waals surface area (Å²) >= 11 is 11.7. The Kier molecular flexibility index (Phi) is 4.13. The zero-order valence-electron chi connectivity index (χ0n) is 9.61. The predicted molar refractivity (Wildman–Crippen MR) is 73.8 cm³/mol. The minimum absolute atomic E-state index is 0.0555. The molecule has 0 fully saturated rings. The molecule has 0 radical (unpaired) electrons. The third-order valence-corrected chi connectivity index (χ3v) is 4.80. The Morgan fingerprint density at radius 1 is 1.00 bits per heavy atom. The van der Waals surface area contributed by atoms with Crippen molar-refractivity contribution in [2.75, 3.05) is 0 Å². The van der Waals surface area contributed by atoms with Crippen LogP contribution in [0, 0.1) is 5.82 Å². The van der Waals surface area contributed by atoms with Crippen LogP contribution in [0.2, 0.25) is 10.0 Å². The van der Waals surface area contributed by atoms with Crippen molar-refractivity contribution in [3.63, 3.8) is 0 Å². The van der Waals surface area contributed by atoms with Gasteiger partial charge in [0, 0.05) is 10.0 Å². The summed E-state index contributed by atoms with van der Waals surface area (Å²) < 4.78 is 37.1. The van der Waals surface area contributed by atoms with Gasteiger partial charge in [-0.05, 0) is 42.0 Å². The third kappa shape index (κ3) is 3.47. The van der Waals surface area contributed by atoms with Crippen LogP contribution in [0.3, 0.4) is 0 Å². The van der Waals surface area contributed by atoms with Gasteiger partial charge in [0.15, 0.2) is 9.84 Å². The molecular formula is C13H9Cl2FO2S. The number of hydrogen-bond donors (Lipinski definition) is 0. The lowest BCUT2D eigenvalue weighted by Gasteiger charge is -2.07. The molecule has 6 heteroatoms. The van der Waals surface area contributed by atoms with Crippen LogP contribution in [0.25, 0.3) is 0 Å². The van der Waals surface area contributed by atoms with Gasteiger partial charge in [-0.25, -0.2) is 12.8 Å². The maximum atomic E-state index is 12.8. The number of sulfone groups is 1. The molecule has 0 unspecified atom stereocenters. The summed E-state index contributed by atoms with van der Waals surface area (Å²) in [6.07, 6.45) is 0. The summed E-state index contributed by atoms with van der Waals surface area (Å²) in [7, 11) is -3.56. The summed E-state index contributed by atoms with van der Waals surface area (Å²) in [5.41, 5.74) is 0.454. The average molecular weight is 319 g/mol. The van der Waals surface area contributed by atoms with Crippen LogP contribution < -0.4 is 0 Å². The lowest BCUT2D eigenvalue weighted by atomic mass is 10.2. The molecule has 2 aromatic carbocycles. The van der Waals surface area contributed by atoms with Crippen molar-refractivity contribution in [2.24, 2.45) is 0 Å². The van der Waals surface area contributed by atoms with Crippen LogP contribution in [0.4, 0.5) is 4.39 Å². The van der Waals surface area contributed by atoms with Crippen LogP contribution in [-0.4, -0.2) is 8.42 Å². The minimum Gasteiger partial charge on any atom is -0.223 e. The van der Waals surface area contributed by atoms with Crippen molar-refractivity contribution in [2.45, 2.75) is 10.6 Å². The van der Waals surface area contributed by atoms with Crippen molar-refractivity contribution in [1.29, 1.82) is 0 Å². The molecule has 0 amide bonds. The van der Waals surface area contributed by atoms with E-state index in [1.165, 1.54) is 18.2 Å². The molecule has 0 aliphatic rings. The number of hydrogen-bond acceptors (Lipinski definition) is 2. The van der Waals surface area contributed by atoms with E-state index in [1.54, 1.807) is 12.1 Å². The lowest BCUT2D eigenvalue weighted by molar-refractivity contribution is 0.594. The third-order valence-electron chi connectivity index (χ3n) is 2.53. The summed E-state index contributed by atoms with van der Waals surface area (Å²) in [4.78, 5) is 0.0555. The first-order valence-corrected chi connectivity index (χ1v) is 7.71. The lowest BCUT2D eigenvalue weighted by Crippen LogP contribution is -2.05. The molecule has 100 valence electrons. The summed E-state index contributed by atoms with van der Waals surface area (Å²) in [5.74, 6) is -0.738. The maximum absolute atomic E-state index is 12.8. The predicted octanol–water partition coefficient (Wildman–Crippen LogP) is 4.11. The van der Waals surface area contributed by atoms with Crippen molar-refractivity contribution >= 4 is 33.0 Å². The quantitative estimate of drug-likeness (QED) is 0.798. The number of rotatable bonds is 3. The van der Waals surface area contributed by atoms with Crippen LogP contribution in [-0.2, 0) is 15.6 Å². The Bertz CT molecular complexity index is 697. The van der Waals surface area contributed by atoms with Gasteiger partial charge in [-0.2, -0.15) is 0 Å². The highest BCUT2D eigenvalue weighted by molar-refractivity contribution is 7.90. The zero-order chi connectivity index (χ0) is 14.0. The number of benzene rings is 2. The van der Waals surface area contributed by atoms with E-state index in [9.17, 15) is 12.8 Å². The van der Waals surface area contributed by atoms with Crippen molar-refractivity contribution in [3.8, 4) is 0 Å². The summed E-state index contributed by atoms with van der Waals surface area (Å²) in [6, 6.07) is 9.29. The molecule has 2 nitrogen and oxygen atoms in total. The Labute approximate surface area is 120 Å². The van der Waals surface area contributed by atoms with E-state index in [0.29, 0.717) is 10.6 Å². The molecule has 0 atom stereocenters. The SMILES string of the molecule is O=S(=O)(Cc1ccc(Cl)cc1Cl)c1ccc(F)cc1. The Morgan fingerprint density at radius 3 is 2.21 bits per heavy atom. The first kappa shape index (κ1) is 14.3. The Morgan fingerprint density at radius 2 is 1.63 bits per heavy atom. The summed E-state index contributed by atoms with van der Waals surface area (Å²) in [6.45, 7) is 0. The average Bonchev–Trinajstić information content (AvgIpc) is 2.33. The Balaban J connectivity index is 2.33. The highest BCUT2D eigenvalue weighted by Gasteiger charge is 2.17. The molecule has 0 aliphatic carbocycles. The van der Waals surface area contributed by atoms with Gasteiger partial charge in [0.05, 0.1) is 10.6 Å². The van der Waals surface area contributed by atoms with E-state index in [-0.39, 0.29) is 15.7 Å². The van der Waals surface area contributed by atoms with Crippen LogP contribution in [0.15, 0.2) is 47.4 Å². The van der Waals surface area contributed by atoms with Gasteiger partial charge < -0.3 is 0 Å². The monoisotopic (exact) mass is 318 g/mol. The van der Waals surface area contributed by atoms with E-state index in [4.69, 9.17) is 23.2 Å². The normalized spacial score (nSPS) is 11.5. The van der Waals surface area contributed by atoms with Gasteiger partial charge in [-0.15, -0.1) is 0 Å². The van der Waals surface area contributed by atoms with Gasteiger partial charge in [0.2, 0.25) is 0 Å². The van der Waals surface area contributed by atoms with Gasteiger partial charge in [-0.1, -0.05) is 29.3 Å². The van der Waals surface area contributed by atoms with E-state index in [1.807, 2.05) is 0 Å². The molecule has 0 bridgehead atoms. The second-order valence-corrected chi connectivity index (χ2v) is 6.78. The van der Waals surface area contributed by atoms with Crippen LogP contribution in [0.1, 0.15) is 5.56 Å². The summed E-state index contributed by atoms with van der Waals surface area (Å²) in [5, 5.41) is 0.728. The van der Waals surface area contributed by atoms with E-state index in [0.717, 1.165) is 12.1 Å². The molecule has 19 heavy (non-hydrogen) atoms. The molecular weight excluding hydrogens is 310 g/mol. The first-order valence-electron chi connectivity index (χ1n) is 5.31. The van der Waals surface area contributed by atoms with Gasteiger partial charge in [0.25, 0.3) is 0 Å². The molecule has 0 saturated heterocycles. The van der Waals surface area contributed by atoms with Crippen LogP contribution in [0.5, 0.6) is 0 Å². The molecule has 0 aliphatic heterocycles. The fourth-order valence-electron chi connectivity index (χ4n) is 1.57. The van der Waals surface area contributed by atoms with Crippen molar-refractivity contribution < 1.29 is 12.8 Å². The molecule has 0 heterocycles.